The van der Waals surface area contributed by atoms with Crippen molar-refractivity contribution < 1.29 is 13.7 Å². The van der Waals surface area contributed by atoms with Crippen LogP contribution < -0.4 is 10.2 Å². The fourth-order valence-corrected chi connectivity index (χ4v) is 2.37. The van der Waals surface area contributed by atoms with E-state index in [9.17, 15) is 9.00 Å². The van der Waals surface area contributed by atoms with Crippen LogP contribution in [-0.4, -0.2) is 29.2 Å². The summed E-state index contributed by atoms with van der Waals surface area (Å²) in [6.07, 6.45) is 6.38. The molecule has 106 valence electrons. The van der Waals surface area contributed by atoms with Crippen LogP contribution in [0.4, 0.5) is 0 Å². The van der Waals surface area contributed by atoms with Crippen LogP contribution >= 0.6 is 0 Å². The van der Waals surface area contributed by atoms with E-state index in [1.54, 1.807) is 25.5 Å². The first kappa shape index (κ1) is 14.5. The number of carbonyl (C=O) groups excluding carboxylic acids is 1. The van der Waals surface area contributed by atoms with Crippen molar-refractivity contribution in [1.82, 2.24) is 5.43 Å². The molecule has 1 aliphatic heterocycles. The van der Waals surface area contributed by atoms with E-state index in [-0.39, 0.29) is 5.91 Å². The molecule has 5 nitrogen and oxygen atoms in total. The van der Waals surface area contributed by atoms with Gasteiger partial charge in [-0.1, -0.05) is 0 Å². The zero-order chi connectivity index (χ0) is 14.5. The van der Waals surface area contributed by atoms with E-state index in [1.807, 2.05) is 18.2 Å². The Bertz CT molecular complexity index is 608. The summed E-state index contributed by atoms with van der Waals surface area (Å²) in [5.41, 5.74) is 4.08. The summed E-state index contributed by atoms with van der Waals surface area (Å²) in [6.45, 7) is 0. The maximum Gasteiger partial charge on any atom is 0.240 e. The number of ether oxygens (including phenoxy) is 1. The van der Waals surface area contributed by atoms with Crippen LogP contribution in [0, 0.1) is 0 Å². The normalized spacial score (nSPS) is 16.7. The molecule has 1 aromatic rings. The summed E-state index contributed by atoms with van der Waals surface area (Å²) in [5.74, 6) is 0.638. The zero-order valence-corrected chi connectivity index (χ0v) is 12.2. The largest absolute Gasteiger partial charge is 0.496 e. The molecule has 0 saturated heterocycles. The van der Waals surface area contributed by atoms with Crippen molar-refractivity contribution in [2.24, 2.45) is 5.10 Å². The molecule has 1 aromatic carbocycles. The van der Waals surface area contributed by atoms with Gasteiger partial charge < -0.3 is 4.74 Å². The average Bonchev–Trinajstić information content (AvgIpc) is 2.46. The maximum atomic E-state index is 11.5. The third-order valence-corrected chi connectivity index (χ3v) is 3.84. The molecule has 6 heteroatoms. The number of methoxy groups -OCH3 is 1. The Morgan fingerprint density at radius 3 is 2.75 bits per heavy atom. The highest BCUT2D eigenvalue weighted by atomic mass is 32.2. The van der Waals surface area contributed by atoms with Gasteiger partial charge in [0.25, 0.3) is 0 Å². The minimum atomic E-state index is -1.04. The second-order valence-corrected chi connectivity index (χ2v) is 5.71. The lowest BCUT2D eigenvalue weighted by Gasteiger charge is -2.09. The molecule has 0 aromatic heterocycles. The van der Waals surface area contributed by atoms with Crippen molar-refractivity contribution in [2.75, 3.05) is 13.4 Å². The average molecular weight is 292 g/mol. The van der Waals surface area contributed by atoms with Crippen molar-refractivity contribution in [3.05, 3.63) is 29.8 Å². The molecule has 2 rings (SSSR count). The van der Waals surface area contributed by atoms with Crippen LogP contribution in [0.1, 0.15) is 18.4 Å². The second-order valence-electron chi connectivity index (χ2n) is 4.33. The van der Waals surface area contributed by atoms with E-state index in [0.717, 1.165) is 16.2 Å². The lowest BCUT2D eigenvalue weighted by molar-refractivity contribution is -0.121. The van der Waals surface area contributed by atoms with Gasteiger partial charge in [0, 0.05) is 40.4 Å². The van der Waals surface area contributed by atoms with Gasteiger partial charge in [-0.15, -0.1) is 0 Å². The Hall–Kier alpha value is -1.95. The van der Waals surface area contributed by atoms with Gasteiger partial charge in [0.2, 0.25) is 5.91 Å². The number of nitrogens with one attached hydrogen (secondary N) is 1. The van der Waals surface area contributed by atoms with E-state index in [2.05, 4.69) is 10.5 Å². The van der Waals surface area contributed by atoms with Gasteiger partial charge in [0.15, 0.2) is 0 Å². The van der Waals surface area contributed by atoms with E-state index >= 15 is 0 Å². The molecule has 1 N–H and O–H groups in total. The fraction of sp³-hybridized carbons (Fsp3) is 0.286. The standard InChI is InChI=1S/C14H16N2O3S/c1-19-13-7-6-12(20(2)18)9-10(13)3-4-11-5-8-14(17)16-15-11/h3-4,6-7,9H,5,8H2,1-2H3,(H,16,17). The molecule has 1 unspecified atom stereocenters. The minimum absolute atomic E-state index is 0.0666. The predicted octanol–water partition coefficient (Wildman–Crippen LogP) is 1.71. The molecule has 0 saturated carbocycles. The van der Waals surface area contributed by atoms with Gasteiger partial charge in [-0.3, -0.25) is 9.00 Å². The highest BCUT2D eigenvalue weighted by Gasteiger charge is 2.09. The Morgan fingerprint density at radius 2 is 2.15 bits per heavy atom. The summed E-state index contributed by atoms with van der Waals surface area (Å²) >= 11 is 0. The number of hydrogen-bond donors (Lipinski definition) is 1. The molecule has 1 amide bonds. The van der Waals surface area contributed by atoms with Gasteiger partial charge in [0.1, 0.15) is 5.75 Å². The quantitative estimate of drug-likeness (QED) is 0.918. The van der Waals surface area contributed by atoms with Crippen molar-refractivity contribution in [3.63, 3.8) is 0 Å². The first-order chi connectivity index (χ1) is 9.60. The number of hydrazone groups is 1. The molecular weight excluding hydrogens is 276 g/mol. The summed E-state index contributed by atoms with van der Waals surface area (Å²) in [7, 11) is 0.552. The molecule has 1 atom stereocenters. The molecule has 20 heavy (non-hydrogen) atoms. The minimum Gasteiger partial charge on any atom is -0.496 e. The van der Waals surface area contributed by atoms with Gasteiger partial charge in [-0.05, 0) is 30.4 Å². The Balaban J connectivity index is 2.25. The number of rotatable bonds is 4. The molecule has 1 aliphatic rings. The maximum absolute atomic E-state index is 11.5. The first-order valence-corrected chi connectivity index (χ1v) is 7.71. The molecule has 0 radical (unpaired) electrons. The summed E-state index contributed by atoms with van der Waals surface area (Å²) < 4.78 is 16.8. The molecule has 0 aliphatic carbocycles. The number of amides is 1. The zero-order valence-electron chi connectivity index (χ0n) is 11.4. The first-order valence-electron chi connectivity index (χ1n) is 6.15. The van der Waals surface area contributed by atoms with Crippen molar-refractivity contribution in [3.8, 4) is 5.75 Å². The number of carbonyl (C=O) groups is 1. The Kier molecular flexibility index (Phi) is 4.68. The van der Waals surface area contributed by atoms with Crippen LogP contribution in [0.2, 0.25) is 0 Å². The van der Waals surface area contributed by atoms with Crippen LogP contribution in [0.3, 0.4) is 0 Å². The van der Waals surface area contributed by atoms with Crippen molar-refractivity contribution in [1.29, 1.82) is 0 Å². The van der Waals surface area contributed by atoms with E-state index in [4.69, 9.17) is 4.74 Å². The predicted molar refractivity (Wildman–Crippen MR) is 79.2 cm³/mol. The fourth-order valence-electron chi connectivity index (χ4n) is 1.82. The number of allylic oxidation sites excluding steroid dienone is 1. The molecule has 1 heterocycles. The smallest absolute Gasteiger partial charge is 0.240 e. The third kappa shape index (κ3) is 3.54. The number of benzene rings is 1. The highest BCUT2D eigenvalue weighted by Crippen LogP contribution is 2.23. The van der Waals surface area contributed by atoms with E-state index in [1.165, 1.54) is 0 Å². The molecular formula is C14H16N2O3S. The summed E-state index contributed by atoms with van der Waals surface area (Å²) in [5, 5.41) is 3.97. The van der Waals surface area contributed by atoms with Crippen LogP contribution in [-0.2, 0) is 15.6 Å². The summed E-state index contributed by atoms with van der Waals surface area (Å²) in [6, 6.07) is 5.40. The number of hydrogen-bond acceptors (Lipinski definition) is 4. The van der Waals surface area contributed by atoms with Gasteiger partial charge >= 0.3 is 0 Å². The molecule has 0 spiro atoms. The SMILES string of the molecule is COc1ccc(S(C)=O)cc1C=CC1=NNC(=O)CC1. The second kappa shape index (κ2) is 6.47. The summed E-state index contributed by atoms with van der Waals surface area (Å²) in [4.78, 5) is 11.7. The molecule has 0 fully saturated rings. The van der Waals surface area contributed by atoms with E-state index < -0.39 is 10.8 Å². The van der Waals surface area contributed by atoms with Gasteiger partial charge in [-0.25, -0.2) is 5.43 Å². The number of nitrogens with zero attached hydrogens (tertiary/aromatic N) is 1. The van der Waals surface area contributed by atoms with Crippen LogP contribution in [0.15, 0.2) is 34.3 Å². The topological polar surface area (TPSA) is 67.8 Å². The van der Waals surface area contributed by atoms with Gasteiger partial charge in [-0.2, -0.15) is 5.10 Å². The van der Waals surface area contributed by atoms with E-state index in [0.29, 0.717) is 18.6 Å². The van der Waals surface area contributed by atoms with Crippen LogP contribution in [0.5, 0.6) is 5.75 Å². The Morgan fingerprint density at radius 1 is 1.35 bits per heavy atom. The lowest BCUT2D eigenvalue weighted by Crippen LogP contribution is -2.24. The van der Waals surface area contributed by atoms with Crippen molar-refractivity contribution >= 4 is 28.5 Å². The highest BCUT2D eigenvalue weighted by molar-refractivity contribution is 7.84. The Labute approximate surface area is 120 Å². The van der Waals surface area contributed by atoms with Crippen LogP contribution in [0.25, 0.3) is 6.08 Å². The van der Waals surface area contributed by atoms with Gasteiger partial charge in [0.05, 0.1) is 12.8 Å². The molecule has 0 bridgehead atoms. The van der Waals surface area contributed by atoms with Crippen molar-refractivity contribution in [2.45, 2.75) is 17.7 Å². The lowest BCUT2D eigenvalue weighted by atomic mass is 10.1. The third-order valence-electron chi connectivity index (χ3n) is 2.92. The monoisotopic (exact) mass is 292 g/mol.